The largest absolute Gasteiger partial charge is 0.352 e. The molecule has 0 spiro atoms. The van der Waals surface area contributed by atoms with Gasteiger partial charge in [-0.1, -0.05) is 44.5 Å². The summed E-state index contributed by atoms with van der Waals surface area (Å²) < 4.78 is 5.19. The molecule has 0 aliphatic heterocycles. The summed E-state index contributed by atoms with van der Waals surface area (Å²) in [6.45, 7) is 8.48. The second-order valence-corrected chi connectivity index (χ2v) is 7.69. The number of aromatic nitrogens is 2. The molecular formula is C19H25ClN4O3. The third-order valence-corrected chi connectivity index (χ3v) is 3.98. The number of rotatable bonds is 7. The highest BCUT2D eigenvalue weighted by Gasteiger charge is 2.21. The maximum absolute atomic E-state index is 12.3. The third-order valence-electron chi connectivity index (χ3n) is 3.74. The van der Waals surface area contributed by atoms with Crippen LogP contribution in [0, 0.1) is 0 Å². The molecule has 2 aromatic rings. The van der Waals surface area contributed by atoms with Gasteiger partial charge in [0.25, 0.3) is 5.91 Å². The van der Waals surface area contributed by atoms with E-state index in [9.17, 15) is 9.59 Å². The van der Waals surface area contributed by atoms with Crippen molar-refractivity contribution in [1.29, 1.82) is 0 Å². The van der Waals surface area contributed by atoms with Gasteiger partial charge in [-0.15, -0.1) is 0 Å². The fraction of sp³-hybridized carbons (Fsp3) is 0.474. The zero-order valence-electron chi connectivity index (χ0n) is 16.1. The van der Waals surface area contributed by atoms with Crippen LogP contribution in [0.25, 0.3) is 0 Å². The van der Waals surface area contributed by atoms with E-state index in [-0.39, 0.29) is 23.7 Å². The lowest BCUT2D eigenvalue weighted by atomic mass is 9.96. The Bertz CT molecular complexity index is 812. The van der Waals surface area contributed by atoms with Crippen LogP contribution < -0.4 is 10.6 Å². The summed E-state index contributed by atoms with van der Waals surface area (Å²) >= 11 is 6.01. The molecule has 0 aliphatic rings. The summed E-state index contributed by atoms with van der Waals surface area (Å²) in [4.78, 5) is 28.9. The van der Waals surface area contributed by atoms with Crippen molar-refractivity contribution in [3.63, 3.8) is 0 Å². The number of hydrogen-bond acceptors (Lipinski definition) is 5. The molecule has 8 heteroatoms. The molecule has 2 rings (SSSR count). The molecule has 1 aromatic carbocycles. The predicted octanol–water partition coefficient (Wildman–Crippen LogP) is 3.73. The number of hydrogen-bond donors (Lipinski definition) is 2. The summed E-state index contributed by atoms with van der Waals surface area (Å²) in [5.74, 6) is 0.484. The summed E-state index contributed by atoms with van der Waals surface area (Å²) in [7, 11) is 0. The first-order valence-corrected chi connectivity index (χ1v) is 9.29. The van der Waals surface area contributed by atoms with Crippen molar-refractivity contribution in [2.75, 3.05) is 11.9 Å². The molecule has 0 saturated heterocycles. The van der Waals surface area contributed by atoms with Gasteiger partial charge < -0.3 is 15.2 Å². The van der Waals surface area contributed by atoms with E-state index < -0.39 is 0 Å². The minimum Gasteiger partial charge on any atom is -0.352 e. The molecule has 0 atom stereocenters. The molecular weight excluding hydrogens is 368 g/mol. The van der Waals surface area contributed by atoms with E-state index in [2.05, 4.69) is 20.8 Å². The molecule has 1 aromatic heterocycles. The van der Waals surface area contributed by atoms with Crippen LogP contribution >= 0.6 is 11.6 Å². The predicted molar refractivity (Wildman–Crippen MR) is 104 cm³/mol. The number of carbonyl (C=O) groups excluding carboxylic acids is 2. The number of nitrogens with zero attached hydrogens (tertiary/aromatic N) is 2. The Morgan fingerprint density at radius 2 is 2.00 bits per heavy atom. The molecule has 0 fully saturated rings. The Hall–Kier alpha value is -2.41. The number of nitrogens with one attached hydrogen (secondary N) is 2. The van der Waals surface area contributed by atoms with Gasteiger partial charge in [0, 0.05) is 29.8 Å². The van der Waals surface area contributed by atoms with E-state index in [0.717, 1.165) is 6.42 Å². The Kier molecular flexibility index (Phi) is 6.96. The number of halogens is 1. The number of amides is 2. The Morgan fingerprint density at radius 3 is 2.63 bits per heavy atom. The molecule has 27 heavy (non-hydrogen) atoms. The lowest BCUT2D eigenvalue weighted by Crippen LogP contribution is -2.26. The van der Waals surface area contributed by atoms with Gasteiger partial charge >= 0.3 is 0 Å². The zero-order valence-corrected chi connectivity index (χ0v) is 16.8. The molecule has 7 nitrogen and oxygen atoms in total. The van der Waals surface area contributed by atoms with E-state index in [1.54, 1.807) is 18.2 Å². The van der Waals surface area contributed by atoms with Gasteiger partial charge in [0.15, 0.2) is 5.82 Å². The first kappa shape index (κ1) is 20.9. The van der Waals surface area contributed by atoms with Gasteiger partial charge in [-0.3, -0.25) is 9.59 Å². The second-order valence-electron chi connectivity index (χ2n) is 7.26. The molecule has 0 saturated carbocycles. The van der Waals surface area contributed by atoms with Crippen LogP contribution in [-0.2, 0) is 16.6 Å². The van der Waals surface area contributed by atoms with Crippen LogP contribution in [0.2, 0.25) is 5.02 Å². The Balaban J connectivity index is 2.01. The Labute approximate surface area is 163 Å². The molecule has 0 radical (unpaired) electrons. The molecule has 0 bridgehead atoms. The van der Waals surface area contributed by atoms with E-state index in [1.165, 1.54) is 0 Å². The number of anilines is 1. The van der Waals surface area contributed by atoms with E-state index in [4.69, 9.17) is 16.1 Å². The highest BCUT2D eigenvalue weighted by Crippen LogP contribution is 2.22. The first-order chi connectivity index (χ1) is 12.7. The van der Waals surface area contributed by atoms with Crippen LogP contribution in [0.1, 0.15) is 62.6 Å². The van der Waals surface area contributed by atoms with Gasteiger partial charge in [0.2, 0.25) is 11.8 Å². The van der Waals surface area contributed by atoms with Crippen molar-refractivity contribution in [2.24, 2.45) is 0 Å². The fourth-order valence-electron chi connectivity index (χ4n) is 2.25. The quantitative estimate of drug-likeness (QED) is 0.748. The monoisotopic (exact) mass is 392 g/mol. The van der Waals surface area contributed by atoms with Gasteiger partial charge in [-0.05, 0) is 24.6 Å². The molecule has 2 amide bonds. The summed E-state index contributed by atoms with van der Waals surface area (Å²) in [6, 6.07) is 4.77. The lowest BCUT2D eigenvalue weighted by molar-refractivity contribution is -0.116. The molecule has 0 unspecified atom stereocenters. The molecule has 0 aliphatic carbocycles. The normalized spacial score (nSPS) is 11.3. The second kappa shape index (κ2) is 8.99. The van der Waals surface area contributed by atoms with E-state index >= 15 is 0 Å². The molecule has 2 N–H and O–H groups in total. The average Bonchev–Trinajstić information content (AvgIpc) is 3.07. The average molecular weight is 393 g/mol. The van der Waals surface area contributed by atoms with Gasteiger partial charge in [-0.2, -0.15) is 4.98 Å². The number of aryl methyl sites for hydroxylation is 1. The lowest BCUT2D eigenvalue weighted by Gasteiger charge is -2.11. The SMILES string of the molecule is CCCNC(=O)c1ccc(Cl)cc1NC(=O)CCc1nc(C(C)(C)C)no1. The van der Waals surface area contributed by atoms with Crippen molar-refractivity contribution < 1.29 is 14.1 Å². The van der Waals surface area contributed by atoms with Crippen LogP contribution in [-0.4, -0.2) is 28.5 Å². The maximum atomic E-state index is 12.3. The first-order valence-electron chi connectivity index (χ1n) is 8.91. The van der Waals surface area contributed by atoms with Crippen molar-refractivity contribution in [3.05, 3.63) is 40.5 Å². The minimum absolute atomic E-state index is 0.147. The maximum Gasteiger partial charge on any atom is 0.253 e. The van der Waals surface area contributed by atoms with E-state index in [0.29, 0.717) is 41.0 Å². The Morgan fingerprint density at radius 1 is 1.26 bits per heavy atom. The third kappa shape index (κ3) is 6.06. The molecule has 146 valence electrons. The standard InChI is InChI=1S/C19H25ClN4O3/c1-5-10-21-17(26)13-7-6-12(20)11-14(13)22-15(25)8-9-16-23-18(24-27-16)19(2,3)4/h6-7,11H,5,8-10H2,1-4H3,(H,21,26)(H,22,25). The van der Waals surface area contributed by atoms with Crippen LogP contribution in [0.4, 0.5) is 5.69 Å². The van der Waals surface area contributed by atoms with Crippen molar-refractivity contribution in [3.8, 4) is 0 Å². The minimum atomic E-state index is -0.266. The topological polar surface area (TPSA) is 97.1 Å². The summed E-state index contributed by atoms with van der Waals surface area (Å²) in [6.07, 6.45) is 1.28. The van der Waals surface area contributed by atoms with Crippen LogP contribution in [0.5, 0.6) is 0 Å². The van der Waals surface area contributed by atoms with Gasteiger partial charge in [0.05, 0.1) is 11.3 Å². The van der Waals surface area contributed by atoms with Crippen molar-refractivity contribution >= 4 is 29.1 Å². The van der Waals surface area contributed by atoms with Crippen LogP contribution in [0.3, 0.4) is 0 Å². The number of carbonyl (C=O) groups is 2. The van der Waals surface area contributed by atoms with Gasteiger partial charge in [0.1, 0.15) is 0 Å². The summed E-state index contributed by atoms with van der Waals surface area (Å²) in [5, 5.41) is 9.90. The zero-order chi connectivity index (χ0) is 20.0. The van der Waals surface area contributed by atoms with Gasteiger partial charge in [-0.25, -0.2) is 0 Å². The fourth-order valence-corrected chi connectivity index (χ4v) is 2.42. The van der Waals surface area contributed by atoms with Crippen LogP contribution in [0.15, 0.2) is 22.7 Å². The van der Waals surface area contributed by atoms with E-state index in [1.807, 2.05) is 27.7 Å². The van der Waals surface area contributed by atoms with Crippen molar-refractivity contribution in [1.82, 2.24) is 15.5 Å². The smallest absolute Gasteiger partial charge is 0.253 e. The van der Waals surface area contributed by atoms with Crippen molar-refractivity contribution in [2.45, 2.75) is 52.4 Å². The molecule has 1 heterocycles. The highest BCUT2D eigenvalue weighted by atomic mass is 35.5. The highest BCUT2D eigenvalue weighted by molar-refractivity contribution is 6.31. The summed E-state index contributed by atoms with van der Waals surface area (Å²) in [5.41, 5.74) is 0.530. The number of benzene rings is 1.